The molecule has 0 saturated carbocycles. The van der Waals surface area contributed by atoms with Crippen LogP contribution < -0.4 is 10.6 Å². The highest BCUT2D eigenvalue weighted by Gasteiger charge is 2.28. The Kier molecular flexibility index (Phi) is 5.52. The van der Waals surface area contributed by atoms with Crippen molar-refractivity contribution in [2.75, 3.05) is 10.7 Å². The highest BCUT2D eigenvalue weighted by atomic mass is 32.2. The van der Waals surface area contributed by atoms with Crippen molar-refractivity contribution in [2.24, 2.45) is 5.73 Å². The molecule has 5 nitrogen and oxygen atoms in total. The molecule has 0 aliphatic carbocycles. The zero-order chi connectivity index (χ0) is 18.7. The molecular weight excluding hydrogens is 348 g/mol. The van der Waals surface area contributed by atoms with Crippen LogP contribution in [0, 0.1) is 0 Å². The molecule has 0 saturated heterocycles. The number of nitrogens with two attached hydrogens (primary N) is 1. The number of para-hydroxylation sites is 1. The molecule has 2 aromatic rings. The van der Waals surface area contributed by atoms with Gasteiger partial charge in [0.2, 0.25) is 11.8 Å². The van der Waals surface area contributed by atoms with Crippen molar-refractivity contribution in [1.29, 1.82) is 0 Å². The molecule has 2 aromatic carbocycles. The Morgan fingerprint density at radius 2 is 1.96 bits per heavy atom. The summed E-state index contributed by atoms with van der Waals surface area (Å²) in [5.41, 5.74) is 8.46. The Hall–Kier alpha value is -2.47. The number of carbonyl (C=O) groups excluding carboxylic acids is 2. The van der Waals surface area contributed by atoms with Gasteiger partial charge in [-0.3, -0.25) is 13.8 Å². The number of hydrogen-bond acceptors (Lipinski definition) is 3. The summed E-state index contributed by atoms with van der Waals surface area (Å²) in [6.45, 7) is 2.02. The molecule has 136 valence electrons. The van der Waals surface area contributed by atoms with Gasteiger partial charge in [-0.25, -0.2) is 0 Å². The van der Waals surface area contributed by atoms with Crippen molar-refractivity contribution in [3.63, 3.8) is 0 Å². The second-order valence-corrected chi connectivity index (χ2v) is 8.03. The Balaban J connectivity index is 1.71. The van der Waals surface area contributed by atoms with Crippen LogP contribution >= 0.6 is 0 Å². The maximum atomic E-state index is 12.8. The zero-order valence-corrected chi connectivity index (χ0v) is 15.5. The van der Waals surface area contributed by atoms with Crippen molar-refractivity contribution >= 4 is 28.3 Å². The first kappa shape index (κ1) is 18.3. The van der Waals surface area contributed by atoms with Gasteiger partial charge in [-0.1, -0.05) is 30.3 Å². The molecule has 3 rings (SSSR count). The van der Waals surface area contributed by atoms with Crippen molar-refractivity contribution in [3.8, 4) is 0 Å². The predicted molar refractivity (Wildman–Crippen MR) is 103 cm³/mol. The fraction of sp³-hybridized carbons (Fsp3) is 0.300. The summed E-state index contributed by atoms with van der Waals surface area (Å²) in [5.74, 6) is -0.475. The quantitative estimate of drug-likeness (QED) is 0.878. The van der Waals surface area contributed by atoms with Crippen molar-refractivity contribution in [2.45, 2.75) is 31.6 Å². The molecule has 0 aromatic heterocycles. The third-order valence-corrected chi connectivity index (χ3v) is 5.84. The van der Waals surface area contributed by atoms with E-state index < -0.39 is 16.7 Å². The largest absolute Gasteiger partial charge is 0.366 e. The normalized spacial score (nSPS) is 17.4. The highest BCUT2D eigenvalue weighted by molar-refractivity contribution is 7.84. The fourth-order valence-corrected chi connectivity index (χ4v) is 4.39. The van der Waals surface area contributed by atoms with Crippen LogP contribution in [-0.2, 0) is 27.8 Å². The second-order valence-electron chi connectivity index (χ2n) is 6.57. The molecule has 1 aliphatic rings. The number of primary amides is 1. The highest BCUT2D eigenvalue weighted by Crippen LogP contribution is 2.30. The summed E-state index contributed by atoms with van der Waals surface area (Å²) in [6.07, 6.45) is 1.85. The minimum absolute atomic E-state index is 0.0422. The number of anilines is 1. The number of fused-ring (bicyclic) bond motifs is 1. The maximum absolute atomic E-state index is 12.8. The zero-order valence-electron chi connectivity index (χ0n) is 14.7. The van der Waals surface area contributed by atoms with Crippen LogP contribution in [0.3, 0.4) is 0 Å². The lowest BCUT2D eigenvalue weighted by molar-refractivity contribution is -0.116. The van der Waals surface area contributed by atoms with E-state index in [0.717, 1.165) is 29.7 Å². The van der Waals surface area contributed by atoms with Crippen molar-refractivity contribution in [3.05, 3.63) is 65.2 Å². The monoisotopic (exact) mass is 370 g/mol. The summed E-state index contributed by atoms with van der Waals surface area (Å²) in [5, 5.41) is 0. The van der Waals surface area contributed by atoms with Gasteiger partial charge in [-0.2, -0.15) is 0 Å². The summed E-state index contributed by atoms with van der Waals surface area (Å²) in [6, 6.07) is 14.7. The Bertz CT molecular complexity index is 866. The number of benzene rings is 2. The van der Waals surface area contributed by atoms with Gasteiger partial charge < -0.3 is 10.6 Å². The standard InChI is InChI=1S/C20H22N2O3S/c1-14-9-10-16-6-2-3-8-18(16)22(14)19(23)13-26(25)12-15-5-4-7-17(11-15)20(21)24/h2-8,11,14H,9-10,12-13H2,1H3,(H2,21,24)/t14-,26+/m0/s1. The van der Waals surface area contributed by atoms with Crippen LogP contribution in [0.25, 0.3) is 0 Å². The molecule has 0 unspecified atom stereocenters. The van der Waals surface area contributed by atoms with E-state index in [1.54, 1.807) is 29.2 Å². The van der Waals surface area contributed by atoms with Gasteiger partial charge in [0.15, 0.2) is 0 Å². The fourth-order valence-electron chi connectivity index (χ4n) is 3.33. The van der Waals surface area contributed by atoms with E-state index in [9.17, 15) is 13.8 Å². The SMILES string of the molecule is C[C@H]1CCc2ccccc2N1C(=O)C[S@](=O)Cc1cccc(C(N)=O)c1. The van der Waals surface area contributed by atoms with Gasteiger partial charge in [0.1, 0.15) is 5.75 Å². The molecule has 2 atom stereocenters. The van der Waals surface area contributed by atoms with Crippen LogP contribution in [0.15, 0.2) is 48.5 Å². The average molecular weight is 370 g/mol. The molecular formula is C20H22N2O3S. The lowest BCUT2D eigenvalue weighted by Crippen LogP contribution is -2.44. The van der Waals surface area contributed by atoms with Crippen LogP contribution in [0.5, 0.6) is 0 Å². The van der Waals surface area contributed by atoms with E-state index in [-0.39, 0.29) is 23.5 Å². The van der Waals surface area contributed by atoms with Crippen LogP contribution in [-0.4, -0.2) is 27.8 Å². The smallest absolute Gasteiger partial charge is 0.248 e. The van der Waals surface area contributed by atoms with E-state index in [2.05, 4.69) is 0 Å². The van der Waals surface area contributed by atoms with E-state index >= 15 is 0 Å². The molecule has 26 heavy (non-hydrogen) atoms. The minimum atomic E-state index is -1.36. The topological polar surface area (TPSA) is 80.5 Å². The summed E-state index contributed by atoms with van der Waals surface area (Å²) in [4.78, 5) is 25.8. The molecule has 2 amide bonds. The molecule has 6 heteroatoms. The van der Waals surface area contributed by atoms with Crippen LogP contribution in [0.1, 0.15) is 34.8 Å². The minimum Gasteiger partial charge on any atom is -0.366 e. The van der Waals surface area contributed by atoms with Crippen LogP contribution in [0.4, 0.5) is 5.69 Å². The number of rotatable bonds is 5. The third-order valence-electron chi connectivity index (χ3n) is 4.62. The van der Waals surface area contributed by atoms with Crippen molar-refractivity contribution < 1.29 is 13.8 Å². The van der Waals surface area contributed by atoms with Gasteiger partial charge in [0.05, 0.1) is 0 Å². The molecule has 0 spiro atoms. The van der Waals surface area contributed by atoms with E-state index in [0.29, 0.717) is 5.56 Å². The number of hydrogen-bond donors (Lipinski definition) is 1. The summed E-state index contributed by atoms with van der Waals surface area (Å²) >= 11 is 0. The molecule has 0 fully saturated rings. The lowest BCUT2D eigenvalue weighted by Gasteiger charge is -2.35. The molecule has 2 N–H and O–H groups in total. The second kappa shape index (κ2) is 7.83. The summed E-state index contributed by atoms with van der Waals surface area (Å²) in [7, 11) is -1.36. The first-order valence-electron chi connectivity index (χ1n) is 8.59. The molecule has 1 heterocycles. The van der Waals surface area contributed by atoms with E-state index in [1.807, 2.05) is 31.2 Å². The lowest BCUT2D eigenvalue weighted by atomic mass is 9.97. The van der Waals surface area contributed by atoms with E-state index in [4.69, 9.17) is 5.73 Å². The van der Waals surface area contributed by atoms with Gasteiger partial charge in [-0.15, -0.1) is 0 Å². The van der Waals surface area contributed by atoms with Crippen LogP contribution in [0.2, 0.25) is 0 Å². The van der Waals surface area contributed by atoms with E-state index in [1.165, 1.54) is 0 Å². The summed E-state index contributed by atoms with van der Waals surface area (Å²) < 4.78 is 12.5. The number of aryl methyl sites for hydroxylation is 1. The number of amides is 2. The third kappa shape index (κ3) is 4.02. The van der Waals surface area contributed by atoms with Gasteiger partial charge >= 0.3 is 0 Å². The van der Waals surface area contributed by atoms with Gasteiger partial charge in [0.25, 0.3) is 0 Å². The number of nitrogens with zero attached hydrogens (tertiary/aromatic N) is 1. The molecule has 1 aliphatic heterocycles. The van der Waals surface area contributed by atoms with Gasteiger partial charge in [0, 0.05) is 33.8 Å². The number of carbonyl (C=O) groups is 2. The Labute approximate surface area is 155 Å². The first-order valence-corrected chi connectivity index (χ1v) is 10.1. The Morgan fingerprint density at radius 1 is 1.19 bits per heavy atom. The van der Waals surface area contributed by atoms with Gasteiger partial charge in [-0.05, 0) is 49.1 Å². The Morgan fingerprint density at radius 3 is 2.73 bits per heavy atom. The maximum Gasteiger partial charge on any atom is 0.248 e. The molecule has 0 bridgehead atoms. The van der Waals surface area contributed by atoms with Crippen molar-refractivity contribution in [1.82, 2.24) is 0 Å². The average Bonchev–Trinajstić information content (AvgIpc) is 2.61. The predicted octanol–water partition coefficient (Wildman–Crippen LogP) is 2.40. The molecule has 0 radical (unpaired) electrons. The first-order chi connectivity index (χ1) is 12.5.